The number of fused-ring (bicyclic) bond motifs is 1. The minimum Gasteiger partial charge on any atom is -0.336 e. The van der Waals surface area contributed by atoms with E-state index in [1.807, 2.05) is 23.1 Å². The van der Waals surface area contributed by atoms with E-state index in [0.29, 0.717) is 23.4 Å². The van der Waals surface area contributed by atoms with Gasteiger partial charge in [-0.2, -0.15) is 0 Å². The third-order valence-electron chi connectivity index (χ3n) is 6.32. The third kappa shape index (κ3) is 2.96. The highest BCUT2D eigenvalue weighted by atomic mass is 19.1. The van der Waals surface area contributed by atoms with E-state index in [9.17, 15) is 14.0 Å². The standard InChI is InChI=1S/C24H23FN2O2/c25-18-12-10-17(11-13-18)21-22(26-15-14-16-6-4-5-9-20(16)26)24(29)27(23(21)28)19-7-2-1-3-8-19/h4-6,9-13,19H,1-3,7-8,14-15H2. The number of carbonyl (C=O) groups is 2. The molecule has 2 aromatic rings. The smallest absolute Gasteiger partial charge is 0.278 e. The predicted molar refractivity (Wildman–Crippen MR) is 110 cm³/mol. The summed E-state index contributed by atoms with van der Waals surface area (Å²) in [7, 11) is 0. The van der Waals surface area contributed by atoms with Crippen molar-refractivity contribution >= 4 is 23.1 Å². The SMILES string of the molecule is O=C1C(c2ccc(F)cc2)=C(N2CCc3ccccc32)C(=O)N1C1CCCCC1. The van der Waals surface area contributed by atoms with Crippen molar-refractivity contribution in [3.63, 3.8) is 0 Å². The van der Waals surface area contributed by atoms with Crippen molar-refractivity contribution in [2.45, 2.75) is 44.6 Å². The van der Waals surface area contributed by atoms with Crippen LogP contribution in [0.3, 0.4) is 0 Å². The molecule has 29 heavy (non-hydrogen) atoms. The molecular weight excluding hydrogens is 367 g/mol. The number of hydrogen-bond acceptors (Lipinski definition) is 3. The van der Waals surface area contributed by atoms with E-state index in [-0.39, 0.29) is 23.7 Å². The fourth-order valence-corrected chi connectivity index (χ4v) is 4.90. The van der Waals surface area contributed by atoms with Gasteiger partial charge in [0.2, 0.25) is 0 Å². The molecule has 0 saturated heterocycles. The lowest BCUT2D eigenvalue weighted by Gasteiger charge is -2.30. The van der Waals surface area contributed by atoms with Crippen LogP contribution in [-0.4, -0.2) is 29.3 Å². The van der Waals surface area contributed by atoms with Crippen LogP contribution in [0, 0.1) is 5.82 Å². The molecule has 0 N–H and O–H groups in total. The maximum atomic E-state index is 13.6. The fourth-order valence-electron chi connectivity index (χ4n) is 4.90. The molecule has 1 fully saturated rings. The number of anilines is 1. The summed E-state index contributed by atoms with van der Waals surface area (Å²) in [6.45, 7) is 0.664. The average molecular weight is 390 g/mol. The number of hydrogen-bond donors (Lipinski definition) is 0. The van der Waals surface area contributed by atoms with Gasteiger partial charge in [-0.15, -0.1) is 0 Å². The zero-order chi connectivity index (χ0) is 20.0. The zero-order valence-electron chi connectivity index (χ0n) is 16.2. The van der Waals surface area contributed by atoms with Crippen molar-refractivity contribution < 1.29 is 14.0 Å². The lowest BCUT2D eigenvalue weighted by molar-refractivity contribution is -0.140. The summed E-state index contributed by atoms with van der Waals surface area (Å²) in [6, 6.07) is 13.9. The fraction of sp³-hybridized carbons (Fsp3) is 0.333. The molecule has 148 valence electrons. The Morgan fingerprint density at radius 3 is 2.34 bits per heavy atom. The number of nitrogens with zero attached hydrogens (tertiary/aromatic N) is 2. The summed E-state index contributed by atoms with van der Waals surface area (Å²) in [5.41, 5.74) is 3.60. The van der Waals surface area contributed by atoms with E-state index in [2.05, 4.69) is 6.07 Å². The number of halogens is 1. The Hall–Kier alpha value is -2.95. The molecule has 5 rings (SSSR count). The molecule has 0 aromatic heterocycles. The monoisotopic (exact) mass is 390 g/mol. The maximum Gasteiger partial charge on any atom is 0.278 e. The van der Waals surface area contributed by atoms with E-state index in [0.717, 1.165) is 44.2 Å². The Balaban J connectivity index is 1.63. The molecule has 3 aliphatic rings. The number of para-hydroxylation sites is 1. The highest BCUT2D eigenvalue weighted by Gasteiger charge is 2.46. The van der Waals surface area contributed by atoms with Gasteiger partial charge >= 0.3 is 0 Å². The molecule has 2 heterocycles. The van der Waals surface area contributed by atoms with Crippen LogP contribution >= 0.6 is 0 Å². The maximum absolute atomic E-state index is 13.6. The van der Waals surface area contributed by atoms with Crippen molar-refractivity contribution in [1.82, 2.24) is 4.90 Å². The first-order valence-electron chi connectivity index (χ1n) is 10.4. The van der Waals surface area contributed by atoms with Gasteiger partial charge in [-0.25, -0.2) is 4.39 Å². The topological polar surface area (TPSA) is 40.6 Å². The second-order valence-electron chi connectivity index (χ2n) is 8.03. The van der Waals surface area contributed by atoms with Gasteiger partial charge in [0.15, 0.2) is 0 Å². The van der Waals surface area contributed by atoms with Crippen LogP contribution in [0.25, 0.3) is 5.57 Å². The number of rotatable bonds is 3. The minimum absolute atomic E-state index is 0.0467. The predicted octanol–water partition coefficient (Wildman–Crippen LogP) is 4.30. The molecule has 1 aliphatic carbocycles. The summed E-state index contributed by atoms with van der Waals surface area (Å²) >= 11 is 0. The van der Waals surface area contributed by atoms with E-state index < -0.39 is 0 Å². The van der Waals surface area contributed by atoms with Crippen LogP contribution in [0.1, 0.15) is 43.2 Å². The lowest BCUT2D eigenvalue weighted by Crippen LogP contribution is -2.43. The Kier molecular flexibility index (Phi) is 4.46. The van der Waals surface area contributed by atoms with Gasteiger partial charge in [-0.05, 0) is 48.6 Å². The Morgan fingerprint density at radius 1 is 0.862 bits per heavy atom. The van der Waals surface area contributed by atoms with Gasteiger partial charge in [-0.1, -0.05) is 49.6 Å². The first-order valence-corrected chi connectivity index (χ1v) is 10.4. The summed E-state index contributed by atoms with van der Waals surface area (Å²) in [5.74, 6) is -0.811. The summed E-state index contributed by atoms with van der Waals surface area (Å²) < 4.78 is 13.5. The van der Waals surface area contributed by atoms with Gasteiger partial charge in [-0.3, -0.25) is 14.5 Å². The molecule has 0 radical (unpaired) electrons. The van der Waals surface area contributed by atoms with Crippen LogP contribution < -0.4 is 4.90 Å². The number of benzene rings is 2. The number of carbonyl (C=O) groups excluding carboxylic acids is 2. The van der Waals surface area contributed by atoms with Crippen LogP contribution in [-0.2, 0) is 16.0 Å². The molecule has 2 aliphatic heterocycles. The molecular formula is C24H23FN2O2. The molecule has 2 aromatic carbocycles. The van der Waals surface area contributed by atoms with Crippen LogP contribution in [0.2, 0.25) is 0 Å². The van der Waals surface area contributed by atoms with E-state index >= 15 is 0 Å². The molecule has 4 nitrogen and oxygen atoms in total. The highest BCUT2D eigenvalue weighted by molar-refractivity contribution is 6.37. The van der Waals surface area contributed by atoms with Gasteiger partial charge in [0.1, 0.15) is 11.5 Å². The summed E-state index contributed by atoms with van der Waals surface area (Å²) in [6.07, 6.45) is 5.78. The molecule has 0 atom stereocenters. The van der Waals surface area contributed by atoms with E-state index in [4.69, 9.17) is 0 Å². The average Bonchev–Trinajstić information content (AvgIpc) is 3.27. The van der Waals surface area contributed by atoms with Crippen LogP contribution in [0.5, 0.6) is 0 Å². The summed E-state index contributed by atoms with van der Waals surface area (Å²) in [4.78, 5) is 30.6. The normalized spacial score (nSPS) is 20.0. The second kappa shape index (κ2) is 7.14. The van der Waals surface area contributed by atoms with Crippen molar-refractivity contribution in [2.24, 2.45) is 0 Å². The van der Waals surface area contributed by atoms with E-state index in [1.54, 1.807) is 12.1 Å². The van der Waals surface area contributed by atoms with Crippen molar-refractivity contribution in [2.75, 3.05) is 11.4 Å². The van der Waals surface area contributed by atoms with Gasteiger partial charge < -0.3 is 4.90 Å². The Labute approximate surface area is 169 Å². The first-order chi connectivity index (χ1) is 14.1. The zero-order valence-corrected chi connectivity index (χ0v) is 16.2. The van der Waals surface area contributed by atoms with Crippen molar-refractivity contribution in [1.29, 1.82) is 0 Å². The molecule has 2 amide bonds. The largest absolute Gasteiger partial charge is 0.336 e. The summed E-state index contributed by atoms with van der Waals surface area (Å²) in [5, 5.41) is 0. The van der Waals surface area contributed by atoms with Gasteiger partial charge in [0.05, 0.1) is 5.57 Å². The molecule has 0 bridgehead atoms. The Morgan fingerprint density at radius 2 is 1.59 bits per heavy atom. The molecule has 1 saturated carbocycles. The number of amides is 2. The number of imide groups is 1. The molecule has 0 unspecified atom stereocenters. The van der Waals surface area contributed by atoms with Crippen LogP contribution in [0.4, 0.5) is 10.1 Å². The molecule has 5 heteroatoms. The first kappa shape index (κ1) is 18.1. The van der Waals surface area contributed by atoms with Crippen molar-refractivity contribution in [3.8, 4) is 0 Å². The Bertz CT molecular complexity index is 1010. The van der Waals surface area contributed by atoms with Crippen LogP contribution in [0.15, 0.2) is 54.2 Å². The van der Waals surface area contributed by atoms with Crippen molar-refractivity contribution in [3.05, 3.63) is 71.2 Å². The van der Waals surface area contributed by atoms with Gasteiger partial charge in [0, 0.05) is 18.3 Å². The minimum atomic E-state index is -0.358. The van der Waals surface area contributed by atoms with E-state index in [1.165, 1.54) is 22.6 Å². The molecule has 0 spiro atoms. The second-order valence-corrected chi connectivity index (χ2v) is 8.03. The lowest BCUT2D eigenvalue weighted by atomic mass is 9.94. The quantitative estimate of drug-likeness (QED) is 0.734. The third-order valence-corrected chi connectivity index (χ3v) is 6.32. The van der Waals surface area contributed by atoms with Gasteiger partial charge in [0.25, 0.3) is 11.8 Å². The highest BCUT2D eigenvalue weighted by Crippen LogP contribution is 2.40.